The molecule has 0 saturated heterocycles. The highest BCUT2D eigenvalue weighted by Gasteiger charge is 2.14. The van der Waals surface area contributed by atoms with Crippen LogP contribution in [0.3, 0.4) is 0 Å². The summed E-state index contributed by atoms with van der Waals surface area (Å²) in [5, 5.41) is 0. The van der Waals surface area contributed by atoms with Crippen LogP contribution in [0.1, 0.15) is 43.2 Å². The molecule has 128 valence electrons. The van der Waals surface area contributed by atoms with Crippen LogP contribution in [0.25, 0.3) is 6.08 Å². The predicted molar refractivity (Wildman–Crippen MR) is 98.3 cm³/mol. The number of carbonyl (C=O) groups excluding carboxylic acids is 2. The highest BCUT2D eigenvalue weighted by Crippen LogP contribution is 2.23. The van der Waals surface area contributed by atoms with Crippen molar-refractivity contribution in [3.05, 3.63) is 71.3 Å². The topological polar surface area (TPSA) is 43.4 Å². The van der Waals surface area contributed by atoms with E-state index in [2.05, 4.69) is 0 Å². The Morgan fingerprint density at radius 1 is 0.960 bits per heavy atom. The fraction of sp³-hybridized carbons (Fsp3) is 0.273. The maximum absolute atomic E-state index is 12.0. The Balaban J connectivity index is 1.54. The second-order valence-corrected chi connectivity index (χ2v) is 6.33. The maximum atomic E-state index is 12.0. The molecule has 2 aromatic rings. The van der Waals surface area contributed by atoms with Crippen molar-refractivity contribution >= 4 is 17.8 Å². The third-order valence-corrected chi connectivity index (χ3v) is 4.37. The van der Waals surface area contributed by atoms with E-state index in [0.717, 1.165) is 36.0 Å². The zero-order valence-corrected chi connectivity index (χ0v) is 14.2. The molecule has 0 bridgehead atoms. The number of Topliss-reactive ketones (excluding diaryl/α,β-unsaturated/α-hetero) is 1. The van der Waals surface area contributed by atoms with E-state index in [4.69, 9.17) is 4.74 Å². The van der Waals surface area contributed by atoms with Crippen LogP contribution in [0.5, 0.6) is 5.75 Å². The van der Waals surface area contributed by atoms with Crippen molar-refractivity contribution in [2.45, 2.75) is 38.5 Å². The fourth-order valence-corrected chi connectivity index (χ4v) is 2.96. The molecule has 2 aromatic carbocycles. The molecule has 1 fully saturated rings. The fourth-order valence-electron chi connectivity index (χ4n) is 2.96. The zero-order valence-electron chi connectivity index (χ0n) is 14.2. The van der Waals surface area contributed by atoms with Crippen LogP contribution in [0.2, 0.25) is 0 Å². The van der Waals surface area contributed by atoms with Gasteiger partial charge in [0.2, 0.25) is 0 Å². The third-order valence-electron chi connectivity index (χ3n) is 4.37. The molecule has 0 amide bonds. The first-order chi connectivity index (χ1) is 12.2. The van der Waals surface area contributed by atoms with Gasteiger partial charge in [0, 0.05) is 12.8 Å². The zero-order chi connectivity index (χ0) is 17.5. The molecule has 1 aliphatic carbocycles. The van der Waals surface area contributed by atoms with Crippen LogP contribution in [-0.2, 0) is 16.0 Å². The molecule has 0 atom stereocenters. The largest absolute Gasteiger partial charge is 0.427 e. The average molecular weight is 334 g/mol. The van der Waals surface area contributed by atoms with E-state index >= 15 is 0 Å². The molecule has 0 aliphatic heterocycles. The molecule has 0 aromatic heterocycles. The summed E-state index contributed by atoms with van der Waals surface area (Å²) in [7, 11) is 0. The van der Waals surface area contributed by atoms with Crippen molar-refractivity contribution in [2.75, 3.05) is 0 Å². The van der Waals surface area contributed by atoms with Gasteiger partial charge in [0.05, 0.1) is 0 Å². The van der Waals surface area contributed by atoms with Gasteiger partial charge in [0.25, 0.3) is 0 Å². The first kappa shape index (κ1) is 17.2. The second kappa shape index (κ2) is 8.43. The molecule has 0 spiro atoms. The molecular formula is C22H22O3. The molecule has 3 nitrogen and oxygen atoms in total. The number of ether oxygens (including phenoxy) is 1. The van der Waals surface area contributed by atoms with Gasteiger partial charge in [0.15, 0.2) is 5.78 Å². The van der Waals surface area contributed by atoms with Gasteiger partial charge in [-0.1, -0.05) is 42.5 Å². The van der Waals surface area contributed by atoms with E-state index < -0.39 is 0 Å². The van der Waals surface area contributed by atoms with Crippen LogP contribution >= 0.6 is 0 Å². The van der Waals surface area contributed by atoms with Gasteiger partial charge in [-0.05, 0) is 60.6 Å². The molecule has 3 heteroatoms. The highest BCUT2D eigenvalue weighted by molar-refractivity contribution is 6.00. The number of allylic oxidation sites excluding steroid dienone is 1. The van der Waals surface area contributed by atoms with Crippen molar-refractivity contribution < 1.29 is 14.3 Å². The van der Waals surface area contributed by atoms with Crippen LogP contribution in [0.4, 0.5) is 0 Å². The quantitative estimate of drug-likeness (QED) is 0.450. The molecule has 25 heavy (non-hydrogen) atoms. The van der Waals surface area contributed by atoms with E-state index in [1.54, 1.807) is 12.1 Å². The Kier molecular flexibility index (Phi) is 5.78. The number of rotatable bonds is 5. The van der Waals surface area contributed by atoms with Crippen molar-refractivity contribution in [2.24, 2.45) is 0 Å². The summed E-state index contributed by atoms with van der Waals surface area (Å²) >= 11 is 0. The van der Waals surface area contributed by atoms with Crippen molar-refractivity contribution in [3.63, 3.8) is 0 Å². The Labute approximate surface area is 148 Å². The lowest BCUT2D eigenvalue weighted by atomic mass is 9.92. The lowest BCUT2D eigenvalue weighted by molar-refractivity contribution is -0.134. The number of aryl methyl sites for hydroxylation is 1. The average Bonchev–Trinajstić information content (AvgIpc) is 2.64. The highest BCUT2D eigenvalue weighted by atomic mass is 16.5. The summed E-state index contributed by atoms with van der Waals surface area (Å²) in [5.74, 6) is 0.551. The van der Waals surface area contributed by atoms with Crippen molar-refractivity contribution in [3.8, 4) is 5.75 Å². The van der Waals surface area contributed by atoms with E-state index in [9.17, 15) is 9.59 Å². The monoisotopic (exact) mass is 334 g/mol. The molecule has 1 aliphatic rings. The van der Waals surface area contributed by atoms with Crippen LogP contribution in [0.15, 0.2) is 60.2 Å². The standard InChI is InChI=1S/C22H22O3/c23-21-9-5-4-8-19(21)16-18-10-13-20(14-11-18)25-22(24)15-12-17-6-2-1-3-7-17/h1-3,6-7,10-11,13-14,16H,4-5,8-9,12,15H2/b19-16-. The van der Waals surface area contributed by atoms with Gasteiger partial charge < -0.3 is 4.74 Å². The summed E-state index contributed by atoms with van der Waals surface area (Å²) < 4.78 is 5.38. The first-order valence-electron chi connectivity index (χ1n) is 8.79. The van der Waals surface area contributed by atoms with E-state index in [1.165, 1.54) is 0 Å². The lowest BCUT2D eigenvalue weighted by Crippen LogP contribution is -2.09. The van der Waals surface area contributed by atoms with Crippen LogP contribution in [-0.4, -0.2) is 11.8 Å². The SMILES string of the molecule is O=C(CCc1ccccc1)Oc1ccc(/C=C2/CCCCC2=O)cc1. The molecule has 1 saturated carbocycles. The number of hydrogen-bond donors (Lipinski definition) is 0. The number of carbonyl (C=O) groups is 2. The lowest BCUT2D eigenvalue weighted by Gasteiger charge is -2.12. The molecule has 0 radical (unpaired) electrons. The second-order valence-electron chi connectivity index (χ2n) is 6.33. The minimum atomic E-state index is -0.239. The Morgan fingerprint density at radius 2 is 1.68 bits per heavy atom. The van der Waals surface area contributed by atoms with Gasteiger partial charge >= 0.3 is 5.97 Å². The van der Waals surface area contributed by atoms with Crippen LogP contribution < -0.4 is 4.74 Å². The number of esters is 1. The minimum absolute atomic E-state index is 0.239. The molecule has 3 rings (SSSR count). The molecule has 0 unspecified atom stereocenters. The molecule has 0 heterocycles. The molecule has 0 N–H and O–H groups in total. The number of ketones is 1. The summed E-state index contributed by atoms with van der Waals surface area (Å²) in [5.41, 5.74) is 2.99. The number of hydrogen-bond acceptors (Lipinski definition) is 3. The number of benzene rings is 2. The van der Waals surface area contributed by atoms with Gasteiger partial charge in [-0.3, -0.25) is 9.59 Å². The van der Waals surface area contributed by atoms with Crippen molar-refractivity contribution in [1.82, 2.24) is 0 Å². The Morgan fingerprint density at radius 3 is 2.40 bits per heavy atom. The predicted octanol–water partition coefficient (Wildman–Crippen LogP) is 4.75. The van der Waals surface area contributed by atoms with E-state index in [0.29, 0.717) is 25.0 Å². The summed E-state index contributed by atoms with van der Waals surface area (Å²) in [6.07, 6.45) is 6.56. The van der Waals surface area contributed by atoms with Gasteiger partial charge in [-0.2, -0.15) is 0 Å². The Hall–Kier alpha value is -2.68. The summed E-state index contributed by atoms with van der Waals surface area (Å²) in [6.45, 7) is 0. The maximum Gasteiger partial charge on any atom is 0.311 e. The van der Waals surface area contributed by atoms with E-state index in [-0.39, 0.29) is 11.8 Å². The molecular weight excluding hydrogens is 312 g/mol. The third kappa shape index (κ3) is 5.15. The van der Waals surface area contributed by atoms with E-state index in [1.807, 2.05) is 48.5 Å². The van der Waals surface area contributed by atoms with Gasteiger partial charge in [-0.25, -0.2) is 0 Å². The summed E-state index contributed by atoms with van der Waals surface area (Å²) in [4.78, 5) is 23.8. The first-order valence-corrected chi connectivity index (χ1v) is 8.79. The normalized spacial score (nSPS) is 16.0. The van der Waals surface area contributed by atoms with Gasteiger partial charge in [0.1, 0.15) is 5.75 Å². The van der Waals surface area contributed by atoms with Crippen molar-refractivity contribution in [1.29, 1.82) is 0 Å². The van der Waals surface area contributed by atoms with Crippen LogP contribution in [0, 0.1) is 0 Å². The minimum Gasteiger partial charge on any atom is -0.427 e. The smallest absolute Gasteiger partial charge is 0.311 e. The summed E-state index contributed by atoms with van der Waals surface area (Å²) in [6, 6.07) is 17.2. The Bertz CT molecular complexity index is 758. The van der Waals surface area contributed by atoms with Gasteiger partial charge in [-0.15, -0.1) is 0 Å².